The number of likely N-dealkylation sites (N-methyl/N-ethyl adjacent to an activating group) is 1. The summed E-state index contributed by atoms with van der Waals surface area (Å²) in [6, 6.07) is 18.5. The monoisotopic (exact) mass is 526 g/mol. The lowest BCUT2D eigenvalue weighted by atomic mass is 10.0. The van der Waals surface area contributed by atoms with E-state index in [0.717, 1.165) is 21.2 Å². The first-order valence-corrected chi connectivity index (χ1v) is 11.8. The number of ether oxygens (including phenoxy) is 1. The summed E-state index contributed by atoms with van der Waals surface area (Å²) in [5.41, 5.74) is 3.19. The second-order valence-corrected chi connectivity index (χ2v) is 8.89. The summed E-state index contributed by atoms with van der Waals surface area (Å²) in [6.45, 7) is 3.55. The Morgan fingerprint density at radius 1 is 1.03 bits per heavy atom. The zero-order valence-electron chi connectivity index (χ0n) is 19.5. The molecule has 3 aromatic carbocycles. The van der Waals surface area contributed by atoms with E-state index in [-0.39, 0.29) is 25.5 Å². The SMILES string of the molecule is CNC(=O)C(Cc1ccccc1)N(Cc1ccccc1F)C(=O)COc1cc(C)c(Br)c(C)c1. The lowest BCUT2D eigenvalue weighted by Crippen LogP contribution is -2.51. The van der Waals surface area contributed by atoms with E-state index < -0.39 is 17.8 Å². The lowest BCUT2D eigenvalue weighted by molar-refractivity contribution is -0.142. The van der Waals surface area contributed by atoms with Crippen LogP contribution >= 0.6 is 15.9 Å². The molecule has 0 aliphatic rings. The fraction of sp³-hybridized carbons (Fsp3) is 0.259. The van der Waals surface area contributed by atoms with Crippen molar-refractivity contribution in [3.63, 3.8) is 0 Å². The maximum absolute atomic E-state index is 14.5. The number of hydrogen-bond acceptors (Lipinski definition) is 3. The molecular formula is C27H28BrFN2O3. The summed E-state index contributed by atoms with van der Waals surface area (Å²) in [7, 11) is 1.52. The molecule has 0 spiro atoms. The van der Waals surface area contributed by atoms with Crippen LogP contribution in [0.5, 0.6) is 5.75 Å². The molecule has 0 saturated carbocycles. The Bertz CT molecular complexity index is 1130. The van der Waals surface area contributed by atoms with Crippen molar-refractivity contribution >= 4 is 27.7 Å². The topological polar surface area (TPSA) is 58.6 Å². The minimum atomic E-state index is -0.837. The highest BCUT2D eigenvalue weighted by atomic mass is 79.9. The summed E-state index contributed by atoms with van der Waals surface area (Å²) in [5, 5.41) is 2.64. The first-order chi connectivity index (χ1) is 16.3. The van der Waals surface area contributed by atoms with E-state index in [4.69, 9.17) is 4.74 Å². The standard InChI is InChI=1S/C27H28BrFN2O3/c1-18-13-22(14-19(2)26(18)28)34-17-25(32)31(16-21-11-7-8-12-23(21)29)24(27(33)30-3)15-20-9-5-4-6-10-20/h4-14,24H,15-17H2,1-3H3,(H,30,33). The van der Waals surface area contributed by atoms with E-state index in [9.17, 15) is 14.0 Å². The van der Waals surface area contributed by atoms with Crippen LogP contribution in [-0.2, 0) is 22.6 Å². The van der Waals surface area contributed by atoms with Gasteiger partial charge in [0.1, 0.15) is 17.6 Å². The van der Waals surface area contributed by atoms with Crippen LogP contribution in [-0.4, -0.2) is 36.4 Å². The van der Waals surface area contributed by atoms with E-state index in [1.807, 2.05) is 56.3 Å². The second-order valence-electron chi connectivity index (χ2n) is 8.09. The highest BCUT2D eigenvalue weighted by Crippen LogP contribution is 2.26. The van der Waals surface area contributed by atoms with Crippen molar-refractivity contribution in [2.75, 3.05) is 13.7 Å². The Hall–Kier alpha value is -3.19. The van der Waals surface area contributed by atoms with E-state index >= 15 is 0 Å². The molecule has 5 nitrogen and oxygen atoms in total. The van der Waals surface area contributed by atoms with Crippen molar-refractivity contribution in [3.05, 3.63) is 99.3 Å². The number of halogens is 2. The number of carbonyl (C=O) groups excluding carboxylic acids is 2. The number of rotatable bonds is 9. The molecule has 0 aliphatic heterocycles. The third kappa shape index (κ3) is 6.44. The normalized spacial score (nSPS) is 11.6. The van der Waals surface area contributed by atoms with Crippen LogP contribution in [0.2, 0.25) is 0 Å². The van der Waals surface area contributed by atoms with Crippen LogP contribution in [0.25, 0.3) is 0 Å². The Kier molecular flexibility index (Phi) is 8.82. The van der Waals surface area contributed by atoms with Crippen LogP contribution < -0.4 is 10.1 Å². The predicted octanol–water partition coefficient (Wildman–Crippen LogP) is 4.97. The number of hydrogen-bond donors (Lipinski definition) is 1. The smallest absolute Gasteiger partial charge is 0.261 e. The molecule has 0 fully saturated rings. The van der Waals surface area contributed by atoms with Crippen LogP contribution in [0, 0.1) is 19.7 Å². The molecule has 2 amide bonds. The fourth-order valence-corrected chi connectivity index (χ4v) is 3.98. The van der Waals surface area contributed by atoms with Gasteiger partial charge in [-0.1, -0.05) is 64.5 Å². The van der Waals surface area contributed by atoms with Gasteiger partial charge in [0.15, 0.2) is 6.61 Å². The van der Waals surface area contributed by atoms with Crippen LogP contribution in [0.3, 0.4) is 0 Å². The third-order valence-corrected chi connectivity index (χ3v) is 6.84. The first kappa shape index (κ1) is 25.4. The Morgan fingerprint density at radius 2 is 1.65 bits per heavy atom. The molecule has 1 atom stereocenters. The molecule has 34 heavy (non-hydrogen) atoms. The summed E-state index contributed by atoms with van der Waals surface area (Å²) in [6.07, 6.45) is 0.289. The molecule has 0 aromatic heterocycles. The van der Waals surface area contributed by atoms with Gasteiger partial charge in [0, 0.05) is 30.0 Å². The highest BCUT2D eigenvalue weighted by molar-refractivity contribution is 9.10. The molecule has 3 aromatic rings. The average Bonchev–Trinajstić information content (AvgIpc) is 2.84. The van der Waals surface area contributed by atoms with Gasteiger partial charge in [-0.05, 0) is 48.7 Å². The number of amides is 2. The van der Waals surface area contributed by atoms with Gasteiger partial charge in [0.05, 0.1) is 0 Å². The van der Waals surface area contributed by atoms with Gasteiger partial charge in [-0.3, -0.25) is 9.59 Å². The number of aryl methyl sites for hydroxylation is 2. The number of benzene rings is 3. The van der Waals surface area contributed by atoms with Gasteiger partial charge in [0.2, 0.25) is 5.91 Å². The molecule has 0 aliphatic carbocycles. The third-order valence-electron chi connectivity index (χ3n) is 5.59. The Balaban J connectivity index is 1.90. The van der Waals surface area contributed by atoms with Crippen LogP contribution in [0.4, 0.5) is 4.39 Å². The van der Waals surface area contributed by atoms with E-state index in [0.29, 0.717) is 11.3 Å². The zero-order valence-corrected chi connectivity index (χ0v) is 21.1. The Morgan fingerprint density at radius 3 is 2.26 bits per heavy atom. The molecule has 1 unspecified atom stereocenters. The molecule has 178 valence electrons. The predicted molar refractivity (Wildman–Crippen MR) is 134 cm³/mol. The Labute approximate surface area is 208 Å². The minimum Gasteiger partial charge on any atom is -0.484 e. The molecule has 0 radical (unpaired) electrons. The van der Waals surface area contributed by atoms with E-state index in [2.05, 4.69) is 21.2 Å². The van der Waals surface area contributed by atoms with Crippen molar-refractivity contribution in [1.82, 2.24) is 10.2 Å². The van der Waals surface area contributed by atoms with Gasteiger partial charge in [-0.25, -0.2) is 4.39 Å². The van der Waals surface area contributed by atoms with E-state index in [1.54, 1.807) is 18.2 Å². The molecule has 3 rings (SSSR count). The van der Waals surface area contributed by atoms with Crippen molar-refractivity contribution in [2.45, 2.75) is 32.9 Å². The van der Waals surface area contributed by atoms with Gasteiger partial charge in [0.25, 0.3) is 5.91 Å². The second kappa shape index (κ2) is 11.8. The molecule has 1 N–H and O–H groups in total. The van der Waals surface area contributed by atoms with Gasteiger partial charge < -0.3 is 15.0 Å². The van der Waals surface area contributed by atoms with Crippen molar-refractivity contribution in [1.29, 1.82) is 0 Å². The lowest BCUT2D eigenvalue weighted by Gasteiger charge is -2.31. The maximum atomic E-state index is 14.5. The minimum absolute atomic E-state index is 0.0574. The molecular weight excluding hydrogens is 499 g/mol. The average molecular weight is 527 g/mol. The summed E-state index contributed by atoms with van der Waals surface area (Å²) in [4.78, 5) is 27.7. The quantitative estimate of drug-likeness (QED) is 0.428. The van der Waals surface area contributed by atoms with Crippen molar-refractivity contribution in [2.24, 2.45) is 0 Å². The molecule has 7 heteroatoms. The maximum Gasteiger partial charge on any atom is 0.261 e. The number of nitrogens with zero attached hydrogens (tertiary/aromatic N) is 1. The molecule has 0 saturated heterocycles. The van der Waals surface area contributed by atoms with Crippen LogP contribution in [0.15, 0.2) is 71.2 Å². The van der Waals surface area contributed by atoms with E-state index in [1.165, 1.54) is 18.0 Å². The highest BCUT2D eigenvalue weighted by Gasteiger charge is 2.30. The van der Waals surface area contributed by atoms with Gasteiger partial charge in [-0.15, -0.1) is 0 Å². The van der Waals surface area contributed by atoms with Gasteiger partial charge >= 0.3 is 0 Å². The van der Waals surface area contributed by atoms with Crippen molar-refractivity contribution < 1.29 is 18.7 Å². The zero-order chi connectivity index (χ0) is 24.7. The summed E-state index contributed by atoms with van der Waals surface area (Å²) < 4.78 is 21.3. The molecule has 0 bridgehead atoms. The van der Waals surface area contributed by atoms with Gasteiger partial charge in [-0.2, -0.15) is 0 Å². The number of nitrogens with one attached hydrogen (secondary N) is 1. The number of carbonyl (C=O) groups is 2. The van der Waals surface area contributed by atoms with Crippen molar-refractivity contribution in [3.8, 4) is 5.75 Å². The largest absolute Gasteiger partial charge is 0.484 e. The molecule has 0 heterocycles. The first-order valence-electron chi connectivity index (χ1n) is 11.0. The summed E-state index contributed by atoms with van der Waals surface area (Å²) in [5.74, 6) is -0.623. The summed E-state index contributed by atoms with van der Waals surface area (Å²) >= 11 is 3.52. The fourth-order valence-electron chi connectivity index (χ4n) is 3.75. The van der Waals surface area contributed by atoms with Crippen LogP contribution in [0.1, 0.15) is 22.3 Å².